The summed E-state index contributed by atoms with van der Waals surface area (Å²) in [5, 5.41) is 3.37. The molecule has 0 aliphatic carbocycles. The van der Waals surface area contributed by atoms with Crippen molar-refractivity contribution >= 4 is 34.3 Å². The molecule has 0 saturated carbocycles. The number of carbonyl (C=O) groups excluding carboxylic acids is 1. The standard InChI is InChI=1S/C31H35N3O6S/c1-7-28(29(35)32-21-10-8-9-19(2)15-21)41-31-33-23-18-27(40-6)26(39-5)17-22(23)30(36)34(31)14-13-20-11-12-24(37-3)25(16-20)38-4/h8-12,15-18,28H,7,13-14H2,1-6H3,(H,32,35)/t28-/m1/s1. The van der Waals surface area contributed by atoms with E-state index in [1.807, 2.05) is 56.3 Å². The Bertz CT molecular complexity index is 1600. The SMILES string of the molecule is CC[C@@H](Sc1nc2cc(OC)c(OC)cc2c(=O)n1CCc1ccc(OC)c(OC)c1)C(=O)Nc1cccc(C)c1. The van der Waals surface area contributed by atoms with Gasteiger partial charge in [0.1, 0.15) is 0 Å². The van der Waals surface area contributed by atoms with Crippen molar-refractivity contribution in [2.24, 2.45) is 0 Å². The highest BCUT2D eigenvalue weighted by molar-refractivity contribution is 8.00. The first-order valence-electron chi connectivity index (χ1n) is 13.2. The van der Waals surface area contributed by atoms with Crippen LogP contribution in [0.3, 0.4) is 0 Å². The summed E-state index contributed by atoms with van der Waals surface area (Å²) < 4.78 is 23.3. The number of ether oxygens (including phenoxy) is 4. The van der Waals surface area contributed by atoms with Crippen LogP contribution in [0.4, 0.5) is 5.69 Å². The Hall–Kier alpha value is -4.18. The first-order chi connectivity index (χ1) is 19.8. The van der Waals surface area contributed by atoms with E-state index in [0.717, 1.165) is 16.8 Å². The van der Waals surface area contributed by atoms with Crippen molar-refractivity contribution in [3.63, 3.8) is 0 Å². The number of nitrogens with zero attached hydrogens (tertiary/aromatic N) is 2. The number of thioether (sulfide) groups is 1. The van der Waals surface area contributed by atoms with Gasteiger partial charge < -0.3 is 24.3 Å². The van der Waals surface area contributed by atoms with Crippen LogP contribution in [0, 0.1) is 6.92 Å². The average molecular weight is 578 g/mol. The Morgan fingerprint density at radius 3 is 2.27 bits per heavy atom. The van der Waals surface area contributed by atoms with Gasteiger partial charge in [0, 0.05) is 18.3 Å². The van der Waals surface area contributed by atoms with Crippen molar-refractivity contribution in [1.29, 1.82) is 0 Å². The van der Waals surface area contributed by atoms with Gasteiger partial charge in [-0.1, -0.05) is 36.9 Å². The lowest BCUT2D eigenvalue weighted by Crippen LogP contribution is -2.28. The summed E-state index contributed by atoms with van der Waals surface area (Å²) in [6.07, 6.45) is 1.07. The third-order valence-electron chi connectivity index (χ3n) is 6.69. The number of nitrogens with one attached hydrogen (secondary N) is 1. The van der Waals surface area contributed by atoms with Crippen molar-refractivity contribution < 1.29 is 23.7 Å². The van der Waals surface area contributed by atoms with Crippen molar-refractivity contribution in [2.75, 3.05) is 33.8 Å². The van der Waals surface area contributed by atoms with E-state index in [9.17, 15) is 9.59 Å². The van der Waals surface area contributed by atoms with Gasteiger partial charge in [0.05, 0.1) is 44.6 Å². The van der Waals surface area contributed by atoms with E-state index >= 15 is 0 Å². The normalized spacial score (nSPS) is 11.7. The molecule has 1 atom stereocenters. The van der Waals surface area contributed by atoms with E-state index < -0.39 is 5.25 Å². The molecule has 0 aliphatic heterocycles. The fourth-order valence-electron chi connectivity index (χ4n) is 4.49. The quantitative estimate of drug-likeness (QED) is 0.174. The van der Waals surface area contributed by atoms with Gasteiger partial charge in [0.25, 0.3) is 5.56 Å². The largest absolute Gasteiger partial charge is 0.493 e. The highest BCUT2D eigenvalue weighted by atomic mass is 32.2. The van der Waals surface area contributed by atoms with Crippen LogP contribution in [-0.4, -0.2) is 49.1 Å². The number of fused-ring (bicyclic) bond motifs is 1. The molecule has 3 aromatic carbocycles. The van der Waals surface area contributed by atoms with E-state index in [-0.39, 0.29) is 11.5 Å². The number of methoxy groups -OCH3 is 4. The van der Waals surface area contributed by atoms with Crippen molar-refractivity contribution in [3.8, 4) is 23.0 Å². The van der Waals surface area contributed by atoms with Gasteiger partial charge in [0.15, 0.2) is 28.2 Å². The van der Waals surface area contributed by atoms with Crippen molar-refractivity contribution in [3.05, 3.63) is 76.1 Å². The number of hydrogen-bond donors (Lipinski definition) is 1. The molecule has 0 radical (unpaired) electrons. The number of aryl methyl sites for hydroxylation is 2. The molecule has 1 aromatic heterocycles. The molecule has 1 amide bonds. The van der Waals surface area contributed by atoms with Crippen LogP contribution in [-0.2, 0) is 17.8 Å². The topological polar surface area (TPSA) is 101 Å². The Kier molecular flexibility index (Phi) is 9.78. The maximum atomic E-state index is 13.9. The molecule has 0 saturated heterocycles. The van der Waals surface area contributed by atoms with Crippen molar-refractivity contribution in [2.45, 2.75) is 43.6 Å². The van der Waals surface area contributed by atoms with Gasteiger partial charge in [-0.2, -0.15) is 0 Å². The summed E-state index contributed by atoms with van der Waals surface area (Å²) in [5.74, 6) is 1.99. The van der Waals surface area contributed by atoms with Crippen LogP contribution >= 0.6 is 11.8 Å². The second kappa shape index (κ2) is 13.5. The van der Waals surface area contributed by atoms with Crippen LogP contribution < -0.4 is 29.8 Å². The van der Waals surface area contributed by atoms with Crippen LogP contribution in [0.2, 0.25) is 0 Å². The molecule has 0 fully saturated rings. The van der Waals surface area contributed by atoms with Gasteiger partial charge >= 0.3 is 0 Å². The second-order valence-corrected chi connectivity index (χ2v) is 10.6. The van der Waals surface area contributed by atoms with Gasteiger partial charge in [-0.05, 0) is 61.2 Å². The van der Waals surface area contributed by atoms with Gasteiger partial charge in [-0.25, -0.2) is 4.98 Å². The molecule has 4 rings (SSSR count). The lowest BCUT2D eigenvalue weighted by molar-refractivity contribution is -0.115. The van der Waals surface area contributed by atoms with Gasteiger partial charge in [0.2, 0.25) is 5.91 Å². The summed E-state index contributed by atoms with van der Waals surface area (Å²) in [7, 11) is 6.23. The minimum atomic E-state index is -0.479. The third kappa shape index (κ3) is 6.77. The number of rotatable bonds is 12. The molecule has 0 spiro atoms. The smallest absolute Gasteiger partial charge is 0.262 e. The fraction of sp³-hybridized carbons (Fsp3) is 0.323. The Labute approximate surface area is 243 Å². The molecule has 1 heterocycles. The van der Waals surface area contributed by atoms with Crippen molar-refractivity contribution in [1.82, 2.24) is 9.55 Å². The molecule has 0 aliphatic rings. The highest BCUT2D eigenvalue weighted by Crippen LogP contribution is 2.33. The molecule has 4 aromatic rings. The number of benzene rings is 3. The monoisotopic (exact) mass is 577 g/mol. The number of hydrogen-bond acceptors (Lipinski definition) is 8. The van der Waals surface area contributed by atoms with E-state index in [0.29, 0.717) is 58.4 Å². The predicted molar refractivity (Wildman–Crippen MR) is 162 cm³/mol. The summed E-state index contributed by atoms with van der Waals surface area (Å²) in [6, 6.07) is 16.6. The first kappa shape index (κ1) is 29.8. The summed E-state index contributed by atoms with van der Waals surface area (Å²) >= 11 is 1.27. The molecule has 1 N–H and O–H groups in total. The van der Waals surface area contributed by atoms with Crippen LogP contribution in [0.5, 0.6) is 23.0 Å². The molecule has 41 heavy (non-hydrogen) atoms. The van der Waals surface area contributed by atoms with E-state index in [1.165, 1.54) is 26.0 Å². The predicted octanol–water partition coefficient (Wildman–Crippen LogP) is 5.49. The number of carbonyl (C=O) groups is 1. The minimum Gasteiger partial charge on any atom is -0.493 e. The lowest BCUT2D eigenvalue weighted by Gasteiger charge is -2.19. The van der Waals surface area contributed by atoms with Gasteiger partial charge in [-0.3, -0.25) is 14.2 Å². The molecule has 0 bridgehead atoms. The maximum Gasteiger partial charge on any atom is 0.262 e. The average Bonchev–Trinajstić information content (AvgIpc) is 2.98. The van der Waals surface area contributed by atoms with Crippen LogP contribution in [0.25, 0.3) is 10.9 Å². The lowest BCUT2D eigenvalue weighted by atomic mass is 10.1. The maximum absolute atomic E-state index is 13.9. The summed E-state index contributed by atoms with van der Waals surface area (Å²) in [4.78, 5) is 32.1. The van der Waals surface area contributed by atoms with Crippen LogP contribution in [0.15, 0.2) is 64.5 Å². The van der Waals surface area contributed by atoms with Gasteiger partial charge in [-0.15, -0.1) is 0 Å². The number of anilines is 1. The number of amides is 1. The zero-order chi connectivity index (χ0) is 29.5. The number of aromatic nitrogens is 2. The molecule has 0 unspecified atom stereocenters. The summed E-state index contributed by atoms with van der Waals surface area (Å²) in [5.41, 5.74) is 2.97. The van der Waals surface area contributed by atoms with E-state index in [2.05, 4.69) is 5.32 Å². The Morgan fingerprint density at radius 1 is 0.927 bits per heavy atom. The Morgan fingerprint density at radius 2 is 1.61 bits per heavy atom. The molecular weight excluding hydrogens is 542 g/mol. The highest BCUT2D eigenvalue weighted by Gasteiger charge is 2.23. The van der Waals surface area contributed by atoms with Crippen LogP contribution in [0.1, 0.15) is 24.5 Å². The zero-order valence-corrected chi connectivity index (χ0v) is 25.0. The van der Waals surface area contributed by atoms with E-state index in [1.54, 1.807) is 30.9 Å². The Balaban J connectivity index is 1.73. The minimum absolute atomic E-state index is 0.156. The second-order valence-electron chi connectivity index (χ2n) is 9.39. The molecule has 10 heteroatoms. The third-order valence-corrected chi connectivity index (χ3v) is 8.05. The molecule has 216 valence electrons. The zero-order valence-electron chi connectivity index (χ0n) is 24.1. The fourth-order valence-corrected chi connectivity index (χ4v) is 5.53. The molecule has 9 nitrogen and oxygen atoms in total. The van der Waals surface area contributed by atoms with E-state index in [4.69, 9.17) is 23.9 Å². The first-order valence-corrected chi connectivity index (χ1v) is 14.1. The summed E-state index contributed by atoms with van der Waals surface area (Å²) in [6.45, 7) is 4.25. The molecular formula is C31H35N3O6S.